The maximum absolute atomic E-state index is 4.51. The van der Waals surface area contributed by atoms with Crippen LogP contribution >= 0.6 is 0 Å². The fraction of sp³-hybridized carbons (Fsp3) is 0.667. The van der Waals surface area contributed by atoms with Crippen molar-refractivity contribution in [3.05, 3.63) is 23.4 Å². The van der Waals surface area contributed by atoms with Crippen molar-refractivity contribution >= 4 is 5.82 Å². The number of hydrogen-bond donors (Lipinski definition) is 1. The largest absolute Gasteiger partial charge is 0.370 e. The second kappa shape index (κ2) is 6.04. The molecule has 0 aliphatic heterocycles. The summed E-state index contributed by atoms with van der Waals surface area (Å²) in [7, 11) is 0. The van der Waals surface area contributed by atoms with Gasteiger partial charge in [-0.2, -0.15) is 0 Å². The highest BCUT2D eigenvalue weighted by molar-refractivity contribution is 5.38. The normalized spacial score (nSPS) is 17.1. The maximum atomic E-state index is 4.51. The monoisotopic (exact) mass is 232 g/mol. The van der Waals surface area contributed by atoms with Crippen LogP contribution in [0.2, 0.25) is 0 Å². The van der Waals surface area contributed by atoms with E-state index < -0.39 is 0 Å². The van der Waals surface area contributed by atoms with Gasteiger partial charge in [-0.1, -0.05) is 32.1 Å². The lowest BCUT2D eigenvalue weighted by Crippen LogP contribution is -2.12. The topological polar surface area (TPSA) is 24.9 Å². The highest BCUT2D eigenvalue weighted by Gasteiger charge is 2.12. The Bertz CT molecular complexity index is 334. The van der Waals surface area contributed by atoms with Gasteiger partial charge in [0, 0.05) is 12.2 Å². The Balaban J connectivity index is 1.77. The number of pyridine rings is 1. The molecule has 2 heteroatoms. The van der Waals surface area contributed by atoms with Gasteiger partial charge < -0.3 is 5.32 Å². The van der Waals surface area contributed by atoms with Crippen molar-refractivity contribution < 1.29 is 0 Å². The van der Waals surface area contributed by atoms with E-state index in [1.165, 1.54) is 44.1 Å². The molecule has 17 heavy (non-hydrogen) atoms. The molecule has 0 unspecified atom stereocenters. The van der Waals surface area contributed by atoms with Crippen LogP contribution in [0.5, 0.6) is 0 Å². The molecule has 1 heterocycles. The van der Waals surface area contributed by atoms with Crippen molar-refractivity contribution in [2.45, 2.75) is 52.4 Å². The molecule has 2 rings (SSSR count). The average molecular weight is 232 g/mol. The van der Waals surface area contributed by atoms with E-state index in [1.54, 1.807) is 0 Å². The van der Waals surface area contributed by atoms with Gasteiger partial charge in [0.05, 0.1) is 0 Å². The first kappa shape index (κ1) is 12.4. The van der Waals surface area contributed by atoms with E-state index in [0.29, 0.717) is 0 Å². The van der Waals surface area contributed by atoms with Gasteiger partial charge in [0.2, 0.25) is 0 Å². The lowest BCUT2D eigenvalue weighted by Gasteiger charge is -2.21. The minimum Gasteiger partial charge on any atom is -0.370 e. The molecule has 94 valence electrons. The molecule has 0 saturated heterocycles. The van der Waals surface area contributed by atoms with Crippen molar-refractivity contribution in [1.82, 2.24) is 4.98 Å². The summed E-state index contributed by atoms with van der Waals surface area (Å²) in [5.41, 5.74) is 2.39. The van der Waals surface area contributed by atoms with Gasteiger partial charge in [-0.3, -0.25) is 0 Å². The molecule has 1 saturated carbocycles. The smallest absolute Gasteiger partial charge is 0.126 e. The third kappa shape index (κ3) is 4.03. The van der Waals surface area contributed by atoms with Crippen LogP contribution in [0.1, 0.15) is 49.8 Å². The summed E-state index contributed by atoms with van der Waals surface area (Å²) >= 11 is 0. The van der Waals surface area contributed by atoms with Crippen molar-refractivity contribution in [2.24, 2.45) is 5.92 Å². The van der Waals surface area contributed by atoms with E-state index in [4.69, 9.17) is 0 Å². The molecule has 0 radical (unpaired) electrons. The van der Waals surface area contributed by atoms with Crippen LogP contribution in [-0.2, 0) is 0 Å². The van der Waals surface area contributed by atoms with Gasteiger partial charge in [0.15, 0.2) is 0 Å². The molecule has 1 fully saturated rings. The Morgan fingerprint density at radius 2 is 1.94 bits per heavy atom. The first-order valence-corrected chi connectivity index (χ1v) is 6.93. The predicted molar refractivity (Wildman–Crippen MR) is 73.4 cm³/mol. The van der Waals surface area contributed by atoms with Crippen LogP contribution in [0.25, 0.3) is 0 Å². The molecule has 1 aromatic heterocycles. The molecule has 1 aromatic rings. The predicted octanol–water partition coefficient (Wildman–Crippen LogP) is 4.08. The van der Waals surface area contributed by atoms with Gasteiger partial charge in [-0.15, -0.1) is 0 Å². The number of hydrogen-bond acceptors (Lipinski definition) is 2. The number of nitrogens with zero attached hydrogens (tertiary/aromatic N) is 1. The molecule has 1 N–H and O–H groups in total. The number of aromatic nitrogens is 1. The fourth-order valence-electron chi connectivity index (χ4n) is 2.81. The molecule has 0 atom stereocenters. The zero-order valence-electron chi connectivity index (χ0n) is 11.1. The molecule has 0 bridgehead atoms. The molecule has 2 nitrogen and oxygen atoms in total. The van der Waals surface area contributed by atoms with E-state index in [-0.39, 0.29) is 0 Å². The molecular formula is C15H24N2. The van der Waals surface area contributed by atoms with E-state index in [9.17, 15) is 0 Å². The molecule has 0 spiro atoms. The Labute approximate surface area is 105 Å². The Morgan fingerprint density at radius 3 is 2.65 bits per heavy atom. The van der Waals surface area contributed by atoms with Gasteiger partial charge in [-0.25, -0.2) is 4.98 Å². The first-order chi connectivity index (χ1) is 8.24. The molecule has 1 aliphatic carbocycles. The summed E-state index contributed by atoms with van der Waals surface area (Å²) in [5, 5.41) is 3.46. The van der Waals surface area contributed by atoms with E-state index in [2.05, 4.69) is 36.3 Å². The average Bonchev–Trinajstić information content (AvgIpc) is 2.29. The summed E-state index contributed by atoms with van der Waals surface area (Å²) in [4.78, 5) is 4.51. The third-order valence-corrected chi connectivity index (χ3v) is 3.68. The van der Waals surface area contributed by atoms with Crippen LogP contribution in [0, 0.1) is 19.8 Å². The van der Waals surface area contributed by atoms with Crippen molar-refractivity contribution in [1.29, 1.82) is 0 Å². The highest BCUT2D eigenvalue weighted by Crippen LogP contribution is 2.26. The maximum Gasteiger partial charge on any atom is 0.126 e. The van der Waals surface area contributed by atoms with E-state index in [0.717, 1.165) is 24.0 Å². The number of nitrogens with one attached hydrogen (secondary N) is 1. The lowest BCUT2D eigenvalue weighted by molar-refractivity contribution is 0.345. The highest BCUT2D eigenvalue weighted by atomic mass is 15.0. The van der Waals surface area contributed by atoms with E-state index >= 15 is 0 Å². The fourth-order valence-corrected chi connectivity index (χ4v) is 2.81. The summed E-state index contributed by atoms with van der Waals surface area (Å²) in [6.07, 6.45) is 8.49. The number of aryl methyl sites for hydroxylation is 2. The first-order valence-electron chi connectivity index (χ1n) is 6.93. The number of anilines is 1. The van der Waals surface area contributed by atoms with Gasteiger partial charge in [0.25, 0.3) is 0 Å². The van der Waals surface area contributed by atoms with Crippen molar-refractivity contribution in [3.8, 4) is 0 Å². The van der Waals surface area contributed by atoms with Crippen LogP contribution in [0.15, 0.2) is 12.1 Å². The second-order valence-electron chi connectivity index (χ2n) is 5.39. The minimum absolute atomic E-state index is 0.946. The standard InChI is InChI=1S/C15H24N2/c1-12-10-13(2)17-15(11-12)16-9-8-14-6-4-3-5-7-14/h10-11,14H,3-9H2,1-2H3,(H,16,17). The van der Waals surface area contributed by atoms with Gasteiger partial charge in [-0.05, 0) is 43.9 Å². The van der Waals surface area contributed by atoms with Crippen LogP contribution in [0.3, 0.4) is 0 Å². The molecule has 0 amide bonds. The van der Waals surface area contributed by atoms with Gasteiger partial charge in [0.1, 0.15) is 5.82 Å². The second-order valence-corrected chi connectivity index (χ2v) is 5.39. The Hall–Kier alpha value is -1.05. The van der Waals surface area contributed by atoms with Crippen LogP contribution in [-0.4, -0.2) is 11.5 Å². The molecular weight excluding hydrogens is 208 g/mol. The lowest BCUT2D eigenvalue weighted by atomic mass is 9.87. The zero-order valence-corrected chi connectivity index (χ0v) is 11.1. The van der Waals surface area contributed by atoms with Crippen LogP contribution < -0.4 is 5.32 Å². The van der Waals surface area contributed by atoms with Crippen LogP contribution in [0.4, 0.5) is 5.82 Å². The Kier molecular flexibility index (Phi) is 4.41. The Morgan fingerprint density at radius 1 is 1.18 bits per heavy atom. The minimum atomic E-state index is 0.946. The zero-order chi connectivity index (χ0) is 12.1. The number of rotatable bonds is 4. The third-order valence-electron chi connectivity index (χ3n) is 3.68. The quantitative estimate of drug-likeness (QED) is 0.846. The summed E-state index contributed by atoms with van der Waals surface area (Å²) < 4.78 is 0. The summed E-state index contributed by atoms with van der Waals surface area (Å²) in [6, 6.07) is 4.25. The van der Waals surface area contributed by atoms with Gasteiger partial charge >= 0.3 is 0 Å². The molecule has 0 aromatic carbocycles. The van der Waals surface area contributed by atoms with Crippen molar-refractivity contribution in [3.63, 3.8) is 0 Å². The SMILES string of the molecule is Cc1cc(C)nc(NCCC2CCCCC2)c1. The van der Waals surface area contributed by atoms with E-state index in [1.807, 2.05) is 0 Å². The molecule has 1 aliphatic rings. The summed E-state index contributed by atoms with van der Waals surface area (Å²) in [5.74, 6) is 1.99. The summed E-state index contributed by atoms with van der Waals surface area (Å²) in [6.45, 7) is 5.25. The van der Waals surface area contributed by atoms with Crippen molar-refractivity contribution in [2.75, 3.05) is 11.9 Å².